The molecule has 0 radical (unpaired) electrons. The minimum Gasteiger partial charge on any atom is -0.493 e. The maximum atomic E-state index is 12.6. The van der Waals surface area contributed by atoms with Crippen LogP contribution in [0.25, 0.3) is 6.08 Å². The normalized spacial score (nSPS) is 10.9. The lowest BCUT2D eigenvalue weighted by atomic mass is 10.1. The Morgan fingerprint density at radius 2 is 1.89 bits per heavy atom. The molecule has 0 heterocycles. The third kappa shape index (κ3) is 6.51. The summed E-state index contributed by atoms with van der Waals surface area (Å²) in [6.45, 7) is 1.91. The van der Waals surface area contributed by atoms with E-state index in [1.807, 2.05) is 6.07 Å². The number of rotatable bonds is 8. The number of halogens is 2. The number of carbonyl (C=O) groups excluding carboxylic acids is 1. The number of ether oxygens (including phenoxy) is 2. The van der Waals surface area contributed by atoms with Crippen molar-refractivity contribution >= 4 is 46.6 Å². The highest BCUT2D eigenvalue weighted by Gasteiger charge is 2.18. The van der Waals surface area contributed by atoms with Crippen LogP contribution in [0.4, 0.5) is 11.4 Å². The highest BCUT2D eigenvalue weighted by atomic mass is 35.5. The zero-order valence-electron chi connectivity index (χ0n) is 18.7. The lowest BCUT2D eigenvalue weighted by Gasteiger charge is -2.12. The van der Waals surface area contributed by atoms with Gasteiger partial charge in [0.25, 0.3) is 11.6 Å². The average Bonchev–Trinajstić information content (AvgIpc) is 2.84. The smallest absolute Gasteiger partial charge is 0.293 e. The molecule has 0 saturated heterocycles. The van der Waals surface area contributed by atoms with Crippen LogP contribution in [0.15, 0.2) is 60.2 Å². The number of methoxy groups -OCH3 is 1. The maximum Gasteiger partial charge on any atom is 0.293 e. The molecule has 10 heteroatoms. The van der Waals surface area contributed by atoms with Crippen molar-refractivity contribution < 1.29 is 19.2 Å². The maximum absolute atomic E-state index is 12.6. The Bertz CT molecular complexity index is 1370. The van der Waals surface area contributed by atoms with E-state index in [2.05, 4.69) is 5.32 Å². The largest absolute Gasteiger partial charge is 0.493 e. The van der Waals surface area contributed by atoms with Crippen LogP contribution in [0.5, 0.6) is 11.5 Å². The fraction of sp³-hybridized carbons (Fsp3) is 0.120. The number of nitro benzene ring substituents is 1. The molecule has 0 spiro atoms. The number of nitriles is 1. The summed E-state index contributed by atoms with van der Waals surface area (Å²) in [4.78, 5) is 23.3. The van der Waals surface area contributed by atoms with Gasteiger partial charge in [-0.05, 0) is 60.0 Å². The first kappa shape index (κ1) is 25.6. The Balaban J connectivity index is 1.79. The van der Waals surface area contributed by atoms with Gasteiger partial charge in [-0.25, -0.2) is 0 Å². The topological polar surface area (TPSA) is 114 Å². The quantitative estimate of drug-likeness (QED) is 0.163. The Morgan fingerprint density at radius 1 is 1.11 bits per heavy atom. The van der Waals surface area contributed by atoms with Gasteiger partial charge in [-0.15, -0.1) is 0 Å². The summed E-state index contributed by atoms with van der Waals surface area (Å²) < 4.78 is 11.2. The number of nitrogens with zero attached hydrogens (tertiary/aromatic N) is 2. The summed E-state index contributed by atoms with van der Waals surface area (Å²) in [5, 5.41) is 24.1. The van der Waals surface area contributed by atoms with Crippen LogP contribution in [0, 0.1) is 28.4 Å². The number of carbonyl (C=O) groups is 1. The van der Waals surface area contributed by atoms with Gasteiger partial charge in [0.1, 0.15) is 23.9 Å². The molecule has 3 aromatic carbocycles. The number of hydrogen-bond donors (Lipinski definition) is 1. The van der Waals surface area contributed by atoms with Crippen LogP contribution >= 0.6 is 23.2 Å². The van der Waals surface area contributed by atoms with Crippen LogP contribution in [-0.2, 0) is 11.4 Å². The van der Waals surface area contributed by atoms with Crippen molar-refractivity contribution in [3.05, 3.63) is 97.0 Å². The Morgan fingerprint density at radius 3 is 2.54 bits per heavy atom. The van der Waals surface area contributed by atoms with Gasteiger partial charge in [-0.3, -0.25) is 14.9 Å². The molecule has 0 atom stereocenters. The van der Waals surface area contributed by atoms with Gasteiger partial charge in [0.15, 0.2) is 11.5 Å². The van der Waals surface area contributed by atoms with Crippen molar-refractivity contribution in [2.24, 2.45) is 0 Å². The summed E-state index contributed by atoms with van der Waals surface area (Å²) in [5.74, 6) is 0.0398. The monoisotopic (exact) mass is 511 g/mol. The Hall–Kier alpha value is -4.06. The molecule has 0 aromatic heterocycles. The molecule has 178 valence electrons. The third-order valence-electron chi connectivity index (χ3n) is 4.84. The predicted octanol–water partition coefficient (Wildman–Crippen LogP) is 6.34. The molecular weight excluding hydrogens is 493 g/mol. The summed E-state index contributed by atoms with van der Waals surface area (Å²) >= 11 is 12.0. The van der Waals surface area contributed by atoms with Crippen LogP contribution in [0.2, 0.25) is 10.0 Å². The fourth-order valence-corrected chi connectivity index (χ4v) is 3.41. The zero-order valence-corrected chi connectivity index (χ0v) is 20.2. The number of nitro groups is 1. The van der Waals surface area contributed by atoms with E-state index in [4.69, 9.17) is 32.7 Å². The zero-order chi connectivity index (χ0) is 25.5. The van der Waals surface area contributed by atoms with E-state index >= 15 is 0 Å². The fourth-order valence-electron chi connectivity index (χ4n) is 3.09. The molecule has 0 unspecified atom stereocenters. The highest BCUT2D eigenvalue weighted by molar-refractivity contribution is 6.42. The molecular formula is C25H19Cl2N3O5. The minimum absolute atomic E-state index is 0.00428. The van der Waals surface area contributed by atoms with E-state index < -0.39 is 10.8 Å². The highest BCUT2D eigenvalue weighted by Crippen LogP contribution is 2.31. The molecule has 0 aliphatic carbocycles. The minimum atomic E-state index is -0.779. The SMILES string of the molecule is COc1cc(/C=C(\C#N)C(=O)Nc2ccc(C)cc2[N+](=O)[O-])ccc1OCc1ccc(Cl)c(Cl)c1. The van der Waals surface area contributed by atoms with Crippen molar-refractivity contribution in [2.75, 3.05) is 12.4 Å². The Labute approximate surface area is 211 Å². The van der Waals surface area contributed by atoms with Crippen molar-refractivity contribution in [1.82, 2.24) is 0 Å². The second-order valence-corrected chi connectivity index (χ2v) is 8.16. The number of aryl methyl sites for hydroxylation is 1. The summed E-state index contributed by atoms with van der Waals surface area (Å²) in [5.41, 5.74) is 1.45. The average molecular weight is 512 g/mol. The van der Waals surface area contributed by atoms with E-state index in [-0.39, 0.29) is 23.6 Å². The number of hydrogen-bond acceptors (Lipinski definition) is 6. The second kappa shape index (κ2) is 11.4. The number of anilines is 1. The lowest BCUT2D eigenvalue weighted by molar-refractivity contribution is -0.384. The van der Waals surface area contributed by atoms with Gasteiger partial charge in [-0.1, -0.05) is 41.4 Å². The molecule has 0 aliphatic heterocycles. The number of amides is 1. The molecule has 3 aromatic rings. The van der Waals surface area contributed by atoms with Gasteiger partial charge < -0.3 is 14.8 Å². The summed E-state index contributed by atoms with van der Waals surface area (Å²) in [6, 6.07) is 16.2. The summed E-state index contributed by atoms with van der Waals surface area (Å²) in [7, 11) is 1.46. The van der Waals surface area contributed by atoms with Gasteiger partial charge in [0.2, 0.25) is 0 Å². The molecule has 3 rings (SSSR count). The molecule has 0 fully saturated rings. The van der Waals surface area contributed by atoms with Crippen molar-refractivity contribution in [2.45, 2.75) is 13.5 Å². The first-order valence-electron chi connectivity index (χ1n) is 10.1. The van der Waals surface area contributed by atoms with Crippen molar-refractivity contribution in [3.63, 3.8) is 0 Å². The molecule has 1 N–H and O–H groups in total. The van der Waals surface area contributed by atoms with Gasteiger partial charge in [-0.2, -0.15) is 5.26 Å². The second-order valence-electron chi connectivity index (χ2n) is 7.35. The van der Waals surface area contributed by atoms with Crippen LogP contribution < -0.4 is 14.8 Å². The van der Waals surface area contributed by atoms with Crippen LogP contribution in [0.1, 0.15) is 16.7 Å². The van der Waals surface area contributed by atoms with Gasteiger partial charge >= 0.3 is 0 Å². The van der Waals surface area contributed by atoms with E-state index in [9.17, 15) is 20.2 Å². The molecule has 1 amide bonds. The van der Waals surface area contributed by atoms with Crippen molar-refractivity contribution in [1.29, 1.82) is 5.26 Å². The molecule has 8 nitrogen and oxygen atoms in total. The van der Waals surface area contributed by atoms with Crippen LogP contribution in [-0.4, -0.2) is 17.9 Å². The van der Waals surface area contributed by atoms with E-state index in [0.29, 0.717) is 32.7 Å². The molecule has 0 saturated carbocycles. The standard InChI is InChI=1S/C25H19Cl2N3O5/c1-15-3-7-21(22(9-15)30(32)33)29-25(31)18(13-28)10-16-5-8-23(24(12-16)34-2)35-14-17-4-6-19(26)20(27)11-17/h3-12H,14H2,1-2H3,(H,29,31)/b18-10+. The first-order valence-corrected chi connectivity index (χ1v) is 10.9. The first-order chi connectivity index (χ1) is 16.7. The number of benzene rings is 3. The molecule has 0 aliphatic rings. The molecule has 0 bridgehead atoms. The van der Waals surface area contributed by atoms with E-state index in [1.165, 1.54) is 25.3 Å². The van der Waals surface area contributed by atoms with Gasteiger partial charge in [0.05, 0.1) is 22.1 Å². The van der Waals surface area contributed by atoms with Crippen LogP contribution in [0.3, 0.4) is 0 Å². The Kier molecular flexibility index (Phi) is 8.31. The van der Waals surface area contributed by atoms with E-state index in [1.54, 1.807) is 49.4 Å². The van der Waals surface area contributed by atoms with Crippen molar-refractivity contribution in [3.8, 4) is 17.6 Å². The molecule has 35 heavy (non-hydrogen) atoms. The predicted molar refractivity (Wildman–Crippen MR) is 134 cm³/mol. The lowest BCUT2D eigenvalue weighted by Crippen LogP contribution is -2.14. The number of nitrogens with one attached hydrogen (secondary N) is 1. The summed E-state index contributed by atoms with van der Waals surface area (Å²) in [6.07, 6.45) is 1.35. The van der Waals surface area contributed by atoms with Gasteiger partial charge in [0, 0.05) is 6.07 Å². The third-order valence-corrected chi connectivity index (χ3v) is 5.58. The van der Waals surface area contributed by atoms with E-state index in [0.717, 1.165) is 5.56 Å².